The molecule has 15 atom stereocenters. The normalized spacial score (nSPS) is 48.5. The van der Waals surface area contributed by atoms with Crippen molar-refractivity contribution in [3.63, 3.8) is 0 Å². The highest BCUT2D eigenvalue weighted by atomic mass is 16.7. The number of carbonyl (C=O) groups excluding carboxylic acids is 1. The number of rotatable bonds is 10. The van der Waals surface area contributed by atoms with E-state index in [1.54, 1.807) is 13.8 Å². The molecule has 11 heteroatoms. The van der Waals surface area contributed by atoms with Gasteiger partial charge < -0.3 is 51.5 Å². The van der Waals surface area contributed by atoms with Gasteiger partial charge in [-0.1, -0.05) is 27.7 Å². The van der Waals surface area contributed by atoms with Crippen molar-refractivity contribution >= 4 is 5.97 Å². The van der Waals surface area contributed by atoms with E-state index >= 15 is 0 Å². The van der Waals surface area contributed by atoms with Gasteiger partial charge in [0.1, 0.15) is 6.10 Å². The maximum atomic E-state index is 12.4. The predicted molar refractivity (Wildman–Crippen MR) is 175 cm³/mol. The number of carbonyl (C=O) groups is 1. The number of nitrogens with two attached hydrogens (primary N) is 3. The van der Waals surface area contributed by atoms with E-state index in [0.29, 0.717) is 25.5 Å². The highest BCUT2D eigenvalue weighted by Gasteiger charge is 2.85. The molecule has 11 nitrogen and oxygen atoms in total. The zero-order valence-electron chi connectivity index (χ0n) is 29.7. The van der Waals surface area contributed by atoms with Gasteiger partial charge in [0.2, 0.25) is 0 Å². The maximum Gasteiger partial charge on any atom is 0.303 e. The van der Waals surface area contributed by atoms with Crippen LogP contribution in [-0.2, 0) is 23.7 Å². The van der Waals surface area contributed by atoms with Crippen LogP contribution < -0.4 is 17.2 Å². The van der Waals surface area contributed by atoms with Crippen molar-refractivity contribution in [3.8, 4) is 0 Å². The van der Waals surface area contributed by atoms with Crippen molar-refractivity contribution in [3.05, 3.63) is 0 Å². The highest BCUT2D eigenvalue weighted by molar-refractivity contribution is 5.66. The van der Waals surface area contributed by atoms with E-state index in [2.05, 4.69) is 27.7 Å². The lowest BCUT2D eigenvalue weighted by molar-refractivity contribution is -0.254. The molecule has 5 saturated carbocycles. The van der Waals surface area contributed by atoms with Crippen LogP contribution in [0.25, 0.3) is 0 Å². The van der Waals surface area contributed by atoms with Crippen LogP contribution in [0.2, 0.25) is 0 Å². The molecule has 6 aliphatic rings. The number of esters is 1. The first-order valence-corrected chi connectivity index (χ1v) is 18.2. The number of hydrogen-bond acceptors (Lipinski definition) is 11. The molecule has 6 rings (SSSR count). The van der Waals surface area contributed by atoms with Gasteiger partial charge in [-0.3, -0.25) is 4.79 Å². The van der Waals surface area contributed by atoms with Gasteiger partial charge in [-0.15, -0.1) is 0 Å². The van der Waals surface area contributed by atoms with Crippen molar-refractivity contribution in [2.24, 2.45) is 62.5 Å². The van der Waals surface area contributed by atoms with Crippen molar-refractivity contribution in [2.75, 3.05) is 19.7 Å². The summed E-state index contributed by atoms with van der Waals surface area (Å²) in [5.74, 6) is 0.329. The number of fused-ring (bicyclic) bond motifs is 4. The molecule has 0 radical (unpaired) electrons. The second kappa shape index (κ2) is 11.8. The lowest BCUT2D eigenvalue weighted by atomic mass is 9.43. The Kier molecular flexibility index (Phi) is 9.05. The Labute approximate surface area is 280 Å². The number of ether oxygens (including phenoxy) is 4. The molecule has 1 saturated heterocycles. The minimum atomic E-state index is -1.30. The molecule has 0 aromatic carbocycles. The molecule has 1 aliphatic heterocycles. The first kappa shape index (κ1) is 35.9. The van der Waals surface area contributed by atoms with Crippen molar-refractivity contribution in [1.29, 1.82) is 0 Å². The van der Waals surface area contributed by atoms with Crippen LogP contribution in [0.4, 0.5) is 0 Å². The fourth-order valence-electron chi connectivity index (χ4n) is 12.9. The Hall–Kier alpha value is -0.890. The molecule has 2 spiro atoms. The molecule has 9 N–H and O–H groups in total. The summed E-state index contributed by atoms with van der Waals surface area (Å²) in [4.78, 5) is 12.0. The smallest absolute Gasteiger partial charge is 0.303 e. The van der Waals surface area contributed by atoms with Crippen LogP contribution >= 0.6 is 0 Å². The fourth-order valence-corrected chi connectivity index (χ4v) is 12.9. The number of aliphatic hydroxyl groups excluding tert-OH is 2. The van der Waals surface area contributed by atoms with Gasteiger partial charge in [0.05, 0.1) is 42.2 Å². The van der Waals surface area contributed by atoms with Gasteiger partial charge in [0.25, 0.3) is 0 Å². The molecule has 1 unspecified atom stereocenters. The first-order valence-electron chi connectivity index (χ1n) is 18.2. The Morgan fingerprint density at radius 2 is 1.72 bits per heavy atom. The zero-order valence-corrected chi connectivity index (χ0v) is 29.7. The minimum Gasteiger partial charge on any atom is -0.457 e. The lowest BCUT2D eigenvalue weighted by Crippen LogP contribution is -2.70. The molecule has 0 aromatic rings. The van der Waals surface area contributed by atoms with Crippen LogP contribution in [0.1, 0.15) is 99.8 Å². The van der Waals surface area contributed by atoms with Crippen LogP contribution in [-0.4, -0.2) is 95.0 Å². The summed E-state index contributed by atoms with van der Waals surface area (Å²) in [5.41, 5.74) is 16.8. The largest absolute Gasteiger partial charge is 0.457 e. The highest BCUT2D eigenvalue weighted by Crippen LogP contribution is 2.87. The van der Waals surface area contributed by atoms with E-state index in [1.165, 1.54) is 6.92 Å². The summed E-state index contributed by atoms with van der Waals surface area (Å²) in [6.45, 7) is 14.4. The molecular formula is C36H63N3O8. The molecule has 1 heterocycles. The predicted octanol–water partition coefficient (Wildman–Crippen LogP) is 2.20. The second-order valence-corrected chi connectivity index (χ2v) is 17.8. The molecule has 47 heavy (non-hydrogen) atoms. The van der Waals surface area contributed by atoms with Crippen molar-refractivity contribution in [1.82, 2.24) is 0 Å². The van der Waals surface area contributed by atoms with Crippen LogP contribution in [0, 0.1) is 45.3 Å². The summed E-state index contributed by atoms with van der Waals surface area (Å²) in [6.07, 6.45) is 2.98. The molecular weight excluding hydrogens is 602 g/mol. The number of hydrogen-bond donors (Lipinski definition) is 6. The summed E-state index contributed by atoms with van der Waals surface area (Å²) in [6, 6.07) is 0. The Morgan fingerprint density at radius 1 is 1.06 bits per heavy atom. The van der Waals surface area contributed by atoms with Gasteiger partial charge in [-0.2, -0.15) is 0 Å². The Bertz CT molecular complexity index is 1200. The Morgan fingerprint density at radius 3 is 2.34 bits per heavy atom. The fraction of sp³-hybridized carbons (Fsp3) is 0.972. The van der Waals surface area contributed by atoms with Gasteiger partial charge >= 0.3 is 5.97 Å². The Balaban J connectivity index is 1.26. The SMILES string of the molecule is CC(=O)O[C@@H]([C@H]1C[C@@H](C)C2[C@H](O1)[C@H](O)[C@@]1(N)[C@@H]3CC[C@H]4C(C)(C)[C@@H](O[C@H](OCCN)[C@H](O)CN)CC[C@@]45C[C@@]35CC[C@]21C)C(C)(C)O. The lowest BCUT2D eigenvalue weighted by Gasteiger charge is -2.63. The van der Waals surface area contributed by atoms with Crippen LogP contribution in [0.5, 0.6) is 0 Å². The summed E-state index contributed by atoms with van der Waals surface area (Å²) in [5, 5.41) is 34.0. The van der Waals surface area contributed by atoms with Crippen molar-refractivity contribution < 1.29 is 39.1 Å². The molecule has 0 aromatic heterocycles. The molecule has 5 aliphatic carbocycles. The van der Waals surface area contributed by atoms with Crippen LogP contribution in [0.15, 0.2) is 0 Å². The maximum absolute atomic E-state index is 12.4. The summed E-state index contributed by atoms with van der Waals surface area (Å²) >= 11 is 0. The van der Waals surface area contributed by atoms with Gasteiger partial charge in [0, 0.05) is 20.0 Å². The molecule has 270 valence electrons. The molecule has 0 amide bonds. The summed E-state index contributed by atoms with van der Waals surface area (Å²) < 4.78 is 24.8. The van der Waals surface area contributed by atoms with Gasteiger partial charge in [-0.25, -0.2) is 0 Å². The van der Waals surface area contributed by atoms with E-state index in [-0.39, 0.29) is 52.1 Å². The van der Waals surface area contributed by atoms with Crippen molar-refractivity contribution in [2.45, 2.75) is 154 Å². The number of aliphatic hydroxyl groups is 3. The van der Waals surface area contributed by atoms with E-state index in [4.69, 9.17) is 36.1 Å². The third kappa shape index (κ3) is 5.03. The third-order valence-corrected chi connectivity index (χ3v) is 14.8. The van der Waals surface area contributed by atoms with E-state index in [1.807, 2.05) is 0 Å². The quantitative estimate of drug-likeness (QED) is 0.148. The second-order valence-electron chi connectivity index (χ2n) is 17.8. The topological polar surface area (TPSA) is 193 Å². The average molecular weight is 666 g/mol. The van der Waals surface area contributed by atoms with E-state index in [9.17, 15) is 20.1 Å². The van der Waals surface area contributed by atoms with E-state index < -0.39 is 53.9 Å². The van der Waals surface area contributed by atoms with Gasteiger partial charge in [0.15, 0.2) is 12.4 Å². The van der Waals surface area contributed by atoms with Crippen LogP contribution in [0.3, 0.4) is 0 Å². The standard InChI is InChI=1S/C36H63N3O8/c1-19-16-22(29(32(5,6)43)45-20(2)40)46-27-26(19)33(7)12-13-35-18-34(35)11-10-25(47-30(21(41)17-38)44-15-14-37)31(3,4)23(34)8-9-24(35)36(33,39)28(27)42/h19,21-30,41-43H,8-18,37-39H2,1-7H3/t19-,21-,22-,23+,24-,25+,26?,27+,28+,29+,30+,33-,34-,35+,36+/m1/s1. The third-order valence-electron chi connectivity index (χ3n) is 14.8. The summed E-state index contributed by atoms with van der Waals surface area (Å²) in [7, 11) is 0. The van der Waals surface area contributed by atoms with Gasteiger partial charge in [-0.05, 0) is 111 Å². The van der Waals surface area contributed by atoms with E-state index in [0.717, 1.165) is 44.9 Å². The average Bonchev–Trinajstić information content (AvgIpc) is 3.62. The first-order chi connectivity index (χ1) is 21.9. The molecule has 6 fully saturated rings. The zero-order chi connectivity index (χ0) is 34.5. The monoisotopic (exact) mass is 665 g/mol. The minimum absolute atomic E-state index is 0.0491. The molecule has 0 bridgehead atoms.